The zero-order valence-corrected chi connectivity index (χ0v) is 6.17. The molecule has 0 radical (unpaired) electrons. The highest BCUT2D eigenvalue weighted by Gasteiger charge is 2.02. The van der Waals surface area contributed by atoms with Crippen molar-refractivity contribution in [1.82, 2.24) is 0 Å². The fourth-order valence-corrected chi connectivity index (χ4v) is 0.807. The number of phenolic OH excluding ortho intramolecular Hbond substituents is 1. The first-order chi connectivity index (χ1) is 5.25. The number of alkyl halides is 1. The summed E-state index contributed by atoms with van der Waals surface area (Å²) in [4.78, 5) is 0. The molecule has 1 aromatic rings. The average Bonchev–Trinajstić information content (AvgIpc) is 1.99. The molecule has 0 unspecified atom stereocenters. The van der Waals surface area contributed by atoms with Crippen LogP contribution >= 0.6 is 0 Å². The molecule has 0 aliphatic heterocycles. The van der Waals surface area contributed by atoms with Crippen LogP contribution in [0.5, 0.6) is 11.5 Å². The van der Waals surface area contributed by atoms with Gasteiger partial charge < -0.3 is 9.84 Å². The van der Waals surface area contributed by atoms with Gasteiger partial charge in [-0.15, -0.1) is 0 Å². The van der Waals surface area contributed by atoms with Gasteiger partial charge in [0.15, 0.2) is 11.5 Å². The van der Waals surface area contributed by atoms with Gasteiger partial charge in [0.25, 0.3) is 0 Å². The summed E-state index contributed by atoms with van der Waals surface area (Å²) in [6, 6.07) is 4.93. The van der Waals surface area contributed by atoms with Crippen molar-refractivity contribution < 1.29 is 14.2 Å². The Morgan fingerprint density at radius 3 is 2.91 bits per heavy atom. The first-order valence-electron chi connectivity index (χ1n) is 3.23. The molecular weight excluding hydrogens is 147 g/mol. The number of rotatable bonds is 2. The Morgan fingerprint density at radius 2 is 2.27 bits per heavy atom. The Balaban J connectivity index is 2.96. The van der Waals surface area contributed by atoms with Crippen LogP contribution in [0.1, 0.15) is 5.56 Å². The molecule has 0 saturated carbocycles. The third-order valence-electron chi connectivity index (χ3n) is 1.41. The van der Waals surface area contributed by atoms with Crippen LogP contribution in [0, 0.1) is 6.92 Å². The fraction of sp³-hybridized carbons (Fsp3) is 0.250. The lowest BCUT2D eigenvalue weighted by Gasteiger charge is -2.04. The Kier molecular flexibility index (Phi) is 2.31. The summed E-state index contributed by atoms with van der Waals surface area (Å²) in [6.45, 7) is 0.803. The number of phenols is 1. The second-order valence-corrected chi connectivity index (χ2v) is 2.18. The van der Waals surface area contributed by atoms with E-state index in [4.69, 9.17) is 0 Å². The predicted octanol–water partition coefficient (Wildman–Crippen LogP) is 2.01. The van der Waals surface area contributed by atoms with Crippen LogP contribution in [-0.2, 0) is 0 Å². The highest BCUT2D eigenvalue weighted by atomic mass is 19.1. The van der Waals surface area contributed by atoms with Crippen LogP contribution in [0.15, 0.2) is 18.2 Å². The summed E-state index contributed by atoms with van der Waals surface area (Å²) < 4.78 is 16.2. The lowest BCUT2D eigenvalue weighted by atomic mass is 10.2. The van der Waals surface area contributed by atoms with Crippen LogP contribution in [0.4, 0.5) is 4.39 Å². The van der Waals surface area contributed by atoms with Gasteiger partial charge in [-0.3, -0.25) is 0 Å². The van der Waals surface area contributed by atoms with E-state index in [1.807, 2.05) is 0 Å². The first-order valence-corrected chi connectivity index (χ1v) is 3.23. The fourth-order valence-electron chi connectivity index (χ4n) is 0.807. The maximum absolute atomic E-state index is 11.7. The second-order valence-electron chi connectivity index (χ2n) is 2.18. The molecule has 0 atom stereocenters. The molecule has 0 spiro atoms. The van der Waals surface area contributed by atoms with E-state index in [0.717, 1.165) is 0 Å². The van der Waals surface area contributed by atoms with E-state index in [1.54, 1.807) is 19.1 Å². The number of hydrogen-bond acceptors (Lipinski definition) is 2. The normalized spacial score (nSPS) is 9.64. The number of aromatic hydroxyl groups is 1. The van der Waals surface area contributed by atoms with Crippen molar-refractivity contribution in [2.75, 3.05) is 6.86 Å². The van der Waals surface area contributed by atoms with Crippen LogP contribution in [-0.4, -0.2) is 12.0 Å². The molecule has 0 aromatic heterocycles. The van der Waals surface area contributed by atoms with E-state index in [-0.39, 0.29) is 11.5 Å². The van der Waals surface area contributed by atoms with Gasteiger partial charge in [-0.1, -0.05) is 12.1 Å². The minimum atomic E-state index is -0.920. The Labute approximate surface area is 64.2 Å². The van der Waals surface area contributed by atoms with Crippen molar-refractivity contribution >= 4 is 0 Å². The summed E-state index contributed by atoms with van der Waals surface area (Å²) in [6.07, 6.45) is 0. The standard InChI is InChI=1S/C8H9FO2/c1-6-3-2-4-7(8(6)10)11-5-9/h2-4,10H,5H2,1H3. The lowest BCUT2D eigenvalue weighted by molar-refractivity contribution is 0.185. The molecule has 0 amide bonds. The van der Waals surface area contributed by atoms with Gasteiger partial charge in [0.2, 0.25) is 6.86 Å². The minimum absolute atomic E-state index is 0.00477. The van der Waals surface area contributed by atoms with E-state index < -0.39 is 6.86 Å². The summed E-state index contributed by atoms with van der Waals surface area (Å²) >= 11 is 0. The molecule has 0 aliphatic carbocycles. The number of aryl methyl sites for hydroxylation is 1. The molecule has 0 saturated heterocycles. The van der Waals surface area contributed by atoms with Crippen molar-refractivity contribution in [1.29, 1.82) is 0 Å². The molecule has 2 nitrogen and oxygen atoms in total. The quantitative estimate of drug-likeness (QED) is 0.709. The molecule has 1 N–H and O–H groups in total. The van der Waals surface area contributed by atoms with Crippen LogP contribution in [0.3, 0.4) is 0 Å². The predicted molar refractivity (Wildman–Crippen MR) is 39.4 cm³/mol. The highest BCUT2D eigenvalue weighted by Crippen LogP contribution is 2.28. The van der Waals surface area contributed by atoms with Gasteiger partial charge in [0, 0.05) is 0 Å². The van der Waals surface area contributed by atoms with Crippen LogP contribution in [0.25, 0.3) is 0 Å². The zero-order chi connectivity index (χ0) is 8.27. The van der Waals surface area contributed by atoms with Crippen molar-refractivity contribution in [2.24, 2.45) is 0 Å². The molecule has 11 heavy (non-hydrogen) atoms. The Morgan fingerprint density at radius 1 is 1.55 bits per heavy atom. The van der Waals surface area contributed by atoms with E-state index in [1.165, 1.54) is 6.07 Å². The SMILES string of the molecule is Cc1cccc(OCF)c1O. The molecule has 1 rings (SSSR count). The number of hydrogen-bond donors (Lipinski definition) is 1. The number of benzene rings is 1. The van der Waals surface area contributed by atoms with E-state index in [9.17, 15) is 9.50 Å². The van der Waals surface area contributed by atoms with Gasteiger partial charge in [-0.05, 0) is 18.6 Å². The zero-order valence-electron chi connectivity index (χ0n) is 6.17. The molecule has 0 fully saturated rings. The molecule has 3 heteroatoms. The number of para-hydroxylation sites is 1. The third kappa shape index (κ3) is 1.61. The van der Waals surface area contributed by atoms with Gasteiger partial charge in [-0.25, -0.2) is 4.39 Å². The summed E-state index contributed by atoms with van der Waals surface area (Å²) in [5, 5.41) is 9.24. The van der Waals surface area contributed by atoms with E-state index in [0.29, 0.717) is 5.56 Å². The van der Waals surface area contributed by atoms with Crippen molar-refractivity contribution in [2.45, 2.75) is 6.92 Å². The summed E-state index contributed by atoms with van der Waals surface area (Å²) in [5.41, 5.74) is 0.677. The van der Waals surface area contributed by atoms with Crippen molar-refractivity contribution in [3.05, 3.63) is 23.8 Å². The lowest BCUT2D eigenvalue weighted by Crippen LogP contribution is -1.90. The Bertz CT molecular complexity index is 248. The third-order valence-corrected chi connectivity index (χ3v) is 1.41. The molecule has 60 valence electrons. The molecule has 0 aliphatic rings. The number of ether oxygens (including phenoxy) is 1. The monoisotopic (exact) mass is 156 g/mol. The van der Waals surface area contributed by atoms with Crippen LogP contribution in [0.2, 0.25) is 0 Å². The molecular formula is C8H9FO2. The maximum Gasteiger partial charge on any atom is 0.228 e. The largest absolute Gasteiger partial charge is 0.504 e. The van der Waals surface area contributed by atoms with Crippen molar-refractivity contribution in [3.8, 4) is 11.5 Å². The van der Waals surface area contributed by atoms with Crippen molar-refractivity contribution in [3.63, 3.8) is 0 Å². The topological polar surface area (TPSA) is 29.5 Å². The molecule has 0 bridgehead atoms. The first kappa shape index (κ1) is 7.85. The van der Waals surface area contributed by atoms with Crippen LogP contribution < -0.4 is 4.74 Å². The summed E-state index contributed by atoms with van der Waals surface area (Å²) in [7, 11) is 0. The van der Waals surface area contributed by atoms with E-state index >= 15 is 0 Å². The van der Waals surface area contributed by atoms with Gasteiger partial charge >= 0.3 is 0 Å². The minimum Gasteiger partial charge on any atom is -0.504 e. The van der Waals surface area contributed by atoms with Gasteiger partial charge in [0.05, 0.1) is 0 Å². The summed E-state index contributed by atoms with van der Waals surface area (Å²) in [5.74, 6) is 0.192. The van der Waals surface area contributed by atoms with Gasteiger partial charge in [0.1, 0.15) is 0 Å². The van der Waals surface area contributed by atoms with Gasteiger partial charge in [-0.2, -0.15) is 0 Å². The average molecular weight is 156 g/mol. The maximum atomic E-state index is 11.7. The number of halogens is 1. The molecule has 0 heterocycles. The highest BCUT2D eigenvalue weighted by molar-refractivity contribution is 5.44. The molecule has 1 aromatic carbocycles. The second kappa shape index (κ2) is 3.23. The smallest absolute Gasteiger partial charge is 0.228 e. The Hall–Kier alpha value is -1.25. The van der Waals surface area contributed by atoms with E-state index in [2.05, 4.69) is 4.74 Å².